The highest BCUT2D eigenvalue weighted by Gasteiger charge is 2.12. The molecule has 1 heterocycles. The van der Waals surface area contributed by atoms with Crippen LogP contribution >= 0.6 is 0 Å². The number of hydrogen-bond donors (Lipinski definition) is 2. The van der Waals surface area contributed by atoms with E-state index in [0.717, 1.165) is 5.56 Å². The number of aryl methyl sites for hydroxylation is 1. The zero-order valence-electron chi connectivity index (χ0n) is 15.9. The molecule has 0 saturated heterocycles. The Morgan fingerprint density at radius 1 is 1.11 bits per heavy atom. The zero-order chi connectivity index (χ0) is 20.3. The first-order valence-electron chi connectivity index (χ1n) is 8.74. The van der Waals surface area contributed by atoms with Crippen LogP contribution in [0, 0.1) is 0 Å². The Bertz CT molecular complexity index is 1150. The molecule has 28 heavy (non-hydrogen) atoms. The number of amides is 1. The van der Waals surface area contributed by atoms with Crippen LogP contribution in [0.15, 0.2) is 46.0 Å². The van der Waals surface area contributed by atoms with Crippen LogP contribution in [0.4, 0.5) is 0 Å². The van der Waals surface area contributed by atoms with E-state index in [-0.39, 0.29) is 12.5 Å². The van der Waals surface area contributed by atoms with E-state index >= 15 is 0 Å². The molecule has 0 unspecified atom stereocenters. The molecule has 0 aliphatic rings. The first-order chi connectivity index (χ1) is 13.5. The molecule has 3 aromatic rings. The highest BCUT2D eigenvalue weighted by atomic mass is 16.5. The van der Waals surface area contributed by atoms with E-state index in [1.165, 1.54) is 4.57 Å². The molecular formula is C20H21N3O5. The number of benzene rings is 2. The number of aromatic amines is 1. The van der Waals surface area contributed by atoms with Crippen LogP contribution < -0.4 is 25.9 Å². The molecule has 0 radical (unpaired) electrons. The maximum Gasteiger partial charge on any atom is 0.316 e. The normalized spacial score (nSPS) is 10.7. The van der Waals surface area contributed by atoms with Crippen molar-refractivity contribution in [2.24, 2.45) is 0 Å². The van der Waals surface area contributed by atoms with Crippen LogP contribution in [0.3, 0.4) is 0 Å². The quantitative estimate of drug-likeness (QED) is 0.630. The highest BCUT2D eigenvalue weighted by Crippen LogP contribution is 2.24. The van der Waals surface area contributed by atoms with E-state index in [2.05, 4.69) is 10.3 Å². The number of carbonyl (C=O) groups excluding carboxylic acids is 1. The molecule has 0 atom stereocenters. The third-order valence-electron chi connectivity index (χ3n) is 4.48. The minimum absolute atomic E-state index is 0.238. The van der Waals surface area contributed by atoms with Crippen LogP contribution in [-0.2, 0) is 13.1 Å². The molecule has 0 spiro atoms. The van der Waals surface area contributed by atoms with Gasteiger partial charge in [0.2, 0.25) is 0 Å². The number of H-pyrrole nitrogens is 1. The predicted octanol–water partition coefficient (Wildman–Crippen LogP) is 1.66. The standard InChI is InChI=1S/C20H21N3O5/c1-4-23-16-7-5-12(10-15(16)22-19(25)20(23)26)18(24)21-11-13-9-14(27-2)6-8-17(13)28-3/h5-10H,4,11H2,1-3H3,(H,21,24)(H,22,25). The fourth-order valence-corrected chi connectivity index (χ4v) is 3.03. The second-order valence-corrected chi connectivity index (χ2v) is 6.10. The Hall–Kier alpha value is -3.55. The van der Waals surface area contributed by atoms with Crippen LogP contribution in [-0.4, -0.2) is 29.7 Å². The van der Waals surface area contributed by atoms with Crippen molar-refractivity contribution in [3.63, 3.8) is 0 Å². The van der Waals surface area contributed by atoms with E-state index in [1.807, 2.05) is 0 Å². The maximum absolute atomic E-state index is 12.6. The topological polar surface area (TPSA) is 102 Å². The summed E-state index contributed by atoms with van der Waals surface area (Å²) < 4.78 is 11.9. The lowest BCUT2D eigenvalue weighted by Gasteiger charge is -2.12. The fourth-order valence-electron chi connectivity index (χ4n) is 3.03. The molecule has 3 rings (SSSR count). The Morgan fingerprint density at radius 3 is 2.57 bits per heavy atom. The van der Waals surface area contributed by atoms with Gasteiger partial charge in [-0.2, -0.15) is 0 Å². The number of rotatable bonds is 6. The van der Waals surface area contributed by atoms with E-state index in [4.69, 9.17) is 9.47 Å². The summed E-state index contributed by atoms with van der Waals surface area (Å²) in [6.45, 7) is 2.38. The average molecular weight is 383 g/mol. The van der Waals surface area contributed by atoms with Gasteiger partial charge in [-0.05, 0) is 43.3 Å². The van der Waals surface area contributed by atoms with Gasteiger partial charge < -0.3 is 24.3 Å². The number of aromatic nitrogens is 2. The van der Waals surface area contributed by atoms with E-state index in [9.17, 15) is 14.4 Å². The third kappa shape index (κ3) is 3.62. The van der Waals surface area contributed by atoms with Crippen LogP contribution in [0.5, 0.6) is 11.5 Å². The number of nitrogens with zero attached hydrogens (tertiary/aromatic N) is 1. The summed E-state index contributed by atoms with van der Waals surface area (Å²) in [6.07, 6.45) is 0. The summed E-state index contributed by atoms with van der Waals surface area (Å²) in [5.74, 6) is 0.976. The summed E-state index contributed by atoms with van der Waals surface area (Å²) in [4.78, 5) is 38.9. The molecule has 2 N–H and O–H groups in total. The first kappa shape index (κ1) is 19.2. The monoisotopic (exact) mass is 383 g/mol. The van der Waals surface area contributed by atoms with Crippen molar-refractivity contribution >= 4 is 16.9 Å². The van der Waals surface area contributed by atoms with E-state index in [1.54, 1.807) is 57.5 Å². The maximum atomic E-state index is 12.6. The van der Waals surface area contributed by atoms with Crippen molar-refractivity contribution < 1.29 is 14.3 Å². The molecule has 0 bridgehead atoms. The summed E-state index contributed by atoms with van der Waals surface area (Å²) >= 11 is 0. The summed E-state index contributed by atoms with van der Waals surface area (Å²) in [5.41, 5.74) is 0.803. The van der Waals surface area contributed by atoms with Crippen LogP contribution in [0.2, 0.25) is 0 Å². The molecule has 146 valence electrons. The van der Waals surface area contributed by atoms with Gasteiger partial charge in [0, 0.05) is 24.2 Å². The molecule has 0 aliphatic carbocycles. The fraction of sp³-hybridized carbons (Fsp3) is 0.250. The molecule has 2 aromatic carbocycles. The summed E-state index contributed by atoms with van der Waals surface area (Å²) in [6, 6.07) is 10.2. The van der Waals surface area contributed by atoms with E-state index in [0.29, 0.717) is 34.6 Å². The molecule has 0 fully saturated rings. The molecule has 0 aliphatic heterocycles. The van der Waals surface area contributed by atoms with Gasteiger partial charge in [-0.3, -0.25) is 14.4 Å². The minimum Gasteiger partial charge on any atom is -0.497 e. The Morgan fingerprint density at radius 2 is 1.89 bits per heavy atom. The molecule has 0 saturated carbocycles. The van der Waals surface area contributed by atoms with Gasteiger partial charge in [0.1, 0.15) is 11.5 Å². The van der Waals surface area contributed by atoms with Crippen LogP contribution in [0.25, 0.3) is 11.0 Å². The summed E-state index contributed by atoms with van der Waals surface area (Å²) in [7, 11) is 3.12. The molecule has 1 amide bonds. The Balaban J connectivity index is 1.87. The molecular weight excluding hydrogens is 362 g/mol. The largest absolute Gasteiger partial charge is 0.497 e. The van der Waals surface area contributed by atoms with Crippen molar-refractivity contribution in [3.8, 4) is 11.5 Å². The van der Waals surface area contributed by atoms with Crippen molar-refractivity contribution in [3.05, 3.63) is 68.2 Å². The van der Waals surface area contributed by atoms with Crippen molar-refractivity contribution in [1.29, 1.82) is 0 Å². The highest BCUT2D eigenvalue weighted by molar-refractivity contribution is 5.97. The van der Waals surface area contributed by atoms with Crippen molar-refractivity contribution in [2.75, 3.05) is 14.2 Å². The lowest BCUT2D eigenvalue weighted by atomic mass is 10.1. The molecule has 8 heteroatoms. The lowest BCUT2D eigenvalue weighted by Crippen LogP contribution is -2.36. The molecule has 1 aromatic heterocycles. The number of fused-ring (bicyclic) bond motifs is 1. The van der Waals surface area contributed by atoms with Gasteiger partial charge in [-0.25, -0.2) is 0 Å². The predicted molar refractivity (Wildman–Crippen MR) is 105 cm³/mol. The third-order valence-corrected chi connectivity index (χ3v) is 4.48. The smallest absolute Gasteiger partial charge is 0.316 e. The second kappa shape index (κ2) is 7.99. The number of hydrogen-bond acceptors (Lipinski definition) is 5. The number of nitrogens with one attached hydrogen (secondary N) is 2. The van der Waals surface area contributed by atoms with E-state index < -0.39 is 11.1 Å². The first-order valence-corrected chi connectivity index (χ1v) is 8.74. The summed E-state index contributed by atoms with van der Waals surface area (Å²) in [5, 5.41) is 2.83. The minimum atomic E-state index is -0.715. The second-order valence-electron chi connectivity index (χ2n) is 6.10. The SMILES string of the molecule is CCn1c(=O)c(=O)[nH]c2cc(C(=O)NCc3cc(OC)ccc3OC)ccc21. The average Bonchev–Trinajstić information content (AvgIpc) is 2.72. The Labute approximate surface area is 160 Å². The van der Waals surface area contributed by atoms with Gasteiger partial charge in [0.05, 0.1) is 25.3 Å². The lowest BCUT2D eigenvalue weighted by molar-refractivity contribution is 0.0950. The van der Waals surface area contributed by atoms with Gasteiger partial charge in [0.25, 0.3) is 5.91 Å². The molecule has 8 nitrogen and oxygen atoms in total. The van der Waals surface area contributed by atoms with Gasteiger partial charge in [0.15, 0.2) is 0 Å². The van der Waals surface area contributed by atoms with Gasteiger partial charge in [-0.1, -0.05) is 0 Å². The van der Waals surface area contributed by atoms with Gasteiger partial charge >= 0.3 is 11.1 Å². The van der Waals surface area contributed by atoms with Gasteiger partial charge in [-0.15, -0.1) is 0 Å². The van der Waals surface area contributed by atoms with Crippen LogP contribution in [0.1, 0.15) is 22.8 Å². The zero-order valence-corrected chi connectivity index (χ0v) is 15.9. The Kier molecular flexibility index (Phi) is 5.49. The number of carbonyl (C=O) groups is 1. The number of ether oxygens (including phenoxy) is 2. The van der Waals surface area contributed by atoms with Crippen molar-refractivity contribution in [1.82, 2.24) is 14.9 Å². The number of methoxy groups -OCH3 is 2. The van der Waals surface area contributed by atoms with Crippen molar-refractivity contribution in [2.45, 2.75) is 20.0 Å².